The van der Waals surface area contributed by atoms with Gasteiger partial charge in [-0.05, 0) is 31.2 Å². The number of carbonyl (C=O) groups is 1. The minimum absolute atomic E-state index is 0.243. The van der Waals surface area contributed by atoms with Gasteiger partial charge in [-0.1, -0.05) is 29.4 Å². The maximum atomic E-state index is 12.8. The maximum Gasteiger partial charge on any atom is 0.322 e. The number of anilines is 1. The van der Waals surface area contributed by atoms with Crippen LogP contribution in [0.1, 0.15) is 6.92 Å². The van der Waals surface area contributed by atoms with E-state index in [9.17, 15) is 4.79 Å². The molecule has 2 aromatic carbocycles. The third-order valence-corrected chi connectivity index (χ3v) is 4.89. The van der Waals surface area contributed by atoms with Gasteiger partial charge in [0, 0.05) is 23.0 Å². The number of benzene rings is 2. The highest BCUT2D eigenvalue weighted by atomic mass is 16.5. The van der Waals surface area contributed by atoms with Crippen molar-refractivity contribution in [2.24, 2.45) is 0 Å². The summed E-state index contributed by atoms with van der Waals surface area (Å²) in [5, 5.41) is 12.8. The van der Waals surface area contributed by atoms with Gasteiger partial charge in [0.05, 0.1) is 12.8 Å². The summed E-state index contributed by atoms with van der Waals surface area (Å²) in [6.45, 7) is 1.64. The van der Waals surface area contributed by atoms with Gasteiger partial charge in [0.15, 0.2) is 11.8 Å². The van der Waals surface area contributed by atoms with Crippen LogP contribution in [-0.4, -0.2) is 33.7 Å². The van der Waals surface area contributed by atoms with Crippen LogP contribution in [0.2, 0.25) is 0 Å². The molecule has 1 N–H and O–H groups in total. The Morgan fingerprint density at radius 2 is 1.90 bits per heavy atom. The molecule has 0 saturated heterocycles. The first kappa shape index (κ1) is 18.0. The van der Waals surface area contributed by atoms with E-state index >= 15 is 0 Å². The molecule has 0 radical (unpaired) electrons. The number of pyridine rings is 1. The summed E-state index contributed by atoms with van der Waals surface area (Å²) in [5.41, 5.74) is 2.56. The van der Waals surface area contributed by atoms with E-state index in [0.717, 1.165) is 16.4 Å². The van der Waals surface area contributed by atoms with Gasteiger partial charge in [0.2, 0.25) is 0 Å². The first-order valence-corrected chi connectivity index (χ1v) is 9.40. The van der Waals surface area contributed by atoms with E-state index < -0.39 is 6.10 Å². The summed E-state index contributed by atoms with van der Waals surface area (Å²) >= 11 is 0. The molecule has 3 aromatic heterocycles. The Morgan fingerprint density at radius 3 is 2.77 bits per heavy atom. The molecule has 0 aliphatic heterocycles. The van der Waals surface area contributed by atoms with Crippen LogP contribution in [0.3, 0.4) is 0 Å². The molecule has 0 bridgehead atoms. The van der Waals surface area contributed by atoms with Crippen molar-refractivity contribution >= 4 is 39.2 Å². The number of ether oxygens (including phenoxy) is 2. The van der Waals surface area contributed by atoms with E-state index in [4.69, 9.17) is 13.9 Å². The van der Waals surface area contributed by atoms with E-state index in [0.29, 0.717) is 22.7 Å². The predicted octanol–water partition coefficient (Wildman–Crippen LogP) is 4.04. The second-order valence-corrected chi connectivity index (χ2v) is 6.81. The lowest BCUT2D eigenvalue weighted by Crippen LogP contribution is -2.30. The Balaban J connectivity index is 1.42. The van der Waals surface area contributed by atoms with Crippen LogP contribution in [0.15, 0.2) is 65.2 Å². The number of rotatable bonds is 5. The smallest absolute Gasteiger partial charge is 0.322 e. The molecule has 5 rings (SSSR count). The Kier molecular flexibility index (Phi) is 4.24. The number of hydrogen-bond acceptors (Lipinski definition) is 6. The van der Waals surface area contributed by atoms with Crippen molar-refractivity contribution in [2.75, 3.05) is 12.4 Å². The van der Waals surface area contributed by atoms with E-state index in [2.05, 4.69) is 15.5 Å². The number of fused-ring (bicyclic) bond motifs is 4. The van der Waals surface area contributed by atoms with Gasteiger partial charge in [0.1, 0.15) is 16.9 Å². The summed E-state index contributed by atoms with van der Waals surface area (Å²) in [4.78, 5) is 12.8. The van der Waals surface area contributed by atoms with E-state index in [1.807, 2.05) is 42.5 Å². The topological polar surface area (TPSA) is 90.9 Å². The van der Waals surface area contributed by atoms with Gasteiger partial charge in [-0.2, -0.15) is 0 Å². The van der Waals surface area contributed by atoms with Crippen molar-refractivity contribution in [1.29, 1.82) is 0 Å². The molecule has 8 nitrogen and oxygen atoms in total. The highest BCUT2D eigenvalue weighted by molar-refractivity contribution is 6.08. The van der Waals surface area contributed by atoms with Gasteiger partial charge in [-0.25, -0.2) is 0 Å². The number of carbonyl (C=O) groups excluding carboxylic acids is 1. The van der Waals surface area contributed by atoms with Gasteiger partial charge in [-0.15, -0.1) is 5.10 Å². The molecular formula is C22H18N4O4. The summed E-state index contributed by atoms with van der Waals surface area (Å²) in [5.74, 6) is 0.180. The molecule has 3 heterocycles. The molecule has 0 spiro atoms. The predicted molar refractivity (Wildman–Crippen MR) is 112 cm³/mol. The molecule has 5 aromatic rings. The first-order chi connectivity index (χ1) is 14.6. The molecule has 1 amide bonds. The molecule has 0 aliphatic rings. The SMILES string of the molecule is COc1cc2c(cc1NC(=O)[C@H](C)Oc1nnc3ccccn13)oc1ccccc12. The van der Waals surface area contributed by atoms with Crippen molar-refractivity contribution in [3.8, 4) is 11.8 Å². The minimum atomic E-state index is -0.811. The third-order valence-electron chi connectivity index (χ3n) is 4.89. The van der Waals surface area contributed by atoms with Crippen LogP contribution in [-0.2, 0) is 4.79 Å². The number of nitrogens with zero attached hydrogens (tertiary/aromatic N) is 3. The number of nitrogens with one attached hydrogen (secondary N) is 1. The van der Waals surface area contributed by atoms with Crippen LogP contribution in [0.25, 0.3) is 27.6 Å². The summed E-state index contributed by atoms with van der Waals surface area (Å²) < 4.78 is 18.8. The number of methoxy groups -OCH3 is 1. The van der Waals surface area contributed by atoms with E-state index in [1.54, 1.807) is 36.8 Å². The monoisotopic (exact) mass is 402 g/mol. The maximum absolute atomic E-state index is 12.8. The van der Waals surface area contributed by atoms with Crippen LogP contribution < -0.4 is 14.8 Å². The highest BCUT2D eigenvalue weighted by Crippen LogP contribution is 2.36. The quantitative estimate of drug-likeness (QED) is 0.477. The Morgan fingerprint density at radius 1 is 1.07 bits per heavy atom. The zero-order valence-corrected chi connectivity index (χ0v) is 16.3. The second-order valence-electron chi connectivity index (χ2n) is 6.81. The fourth-order valence-corrected chi connectivity index (χ4v) is 3.36. The van der Waals surface area contributed by atoms with Crippen molar-refractivity contribution in [3.05, 3.63) is 60.8 Å². The normalized spacial score (nSPS) is 12.3. The van der Waals surface area contributed by atoms with Gasteiger partial charge in [0.25, 0.3) is 5.91 Å². The van der Waals surface area contributed by atoms with Crippen molar-refractivity contribution in [1.82, 2.24) is 14.6 Å². The molecule has 8 heteroatoms. The highest BCUT2D eigenvalue weighted by Gasteiger charge is 2.20. The van der Waals surface area contributed by atoms with Crippen LogP contribution in [0.4, 0.5) is 5.69 Å². The number of furan rings is 1. The number of hydrogen-bond donors (Lipinski definition) is 1. The summed E-state index contributed by atoms with van der Waals surface area (Å²) in [6.07, 6.45) is 0.960. The average molecular weight is 402 g/mol. The fraction of sp³-hybridized carbons (Fsp3) is 0.136. The lowest BCUT2D eigenvalue weighted by atomic mass is 10.1. The Labute approximate surface area is 171 Å². The molecule has 0 aliphatic carbocycles. The standard InChI is InChI=1S/C22H18N4O4/c1-13(29-22-25-24-20-9-5-6-10-26(20)22)21(27)23-16-12-18-15(11-19(16)28-2)14-7-3-4-8-17(14)30-18/h3-13H,1-2H3,(H,23,27)/t13-/m0/s1. The lowest BCUT2D eigenvalue weighted by molar-refractivity contribution is -0.122. The van der Waals surface area contributed by atoms with Gasteiger partial charge in [-0.3, -0.25) is 9.20 Å². The van der Waals surface area contributed by atoms with Crippen molar-refractivity contribution < 1.29 is 18.7 Å². The molecule has 0 fully saturated rings. The Bertz CT molecular complexity index is 1390. The lowest BCUT2D eigenvalue weighted by Gasteiger charge is -2.15. The summed E-state index contributed by atoms with van der Waals surface area (Å²) in [6, 6.07) is 17.1. The Hall–Kier alpha value is -4.07. The number of aromatic nitrogens is 3. The fourth-order valence-electron chi connectivity index (χ4n) is 3.36. The molecular weight excluding hydrogens is 384 g/mol. The van der Waals surface area contributed by atoms with Gasteiger partial charge < -0.3 is 19.2 Å². The zero-order chi connectivity index (χ0) is 20.7. The van der Waals surface area contributed by atoms with Crippen LogP contribution in [0, 0.1) is 0 Å². The summed E-state index contributed by atoms with van der Waals surface area (Å²) in [7, 11) is 1.56. The number of amides is 1. The van der Waals surface area contributed by atoms with Crippen molar-refractivity contribution in [3.63, 3.8) is 0 Å². The largest absolute Gasteiger partial charge is 0.495 e. The number of para-hydroxylation sites is 1. The third kappa shape index (κ3) is 2.98. The first-order valence-electron chi connectivity index (χ1n) is 9.40. The van der Waals surface area contributed by atoms with Gasteiger partial charge >= 0.3 is 6.01 Å². The second kappa shape index (κ2) is 7.07. The molecule has 0 saturated carbocycles. The molecule has 1 atom stereocenters. The van der Waals surface area contributed by atoms with Crippen molar-refractivity contribution in [2.45, 2.75) is 13.0 Å². The minimum Gasteiger partial charge on any atom is -0.495 e. The molecule has 150 valence electrons. The van der Waals surface area contributed by atoms with E-state index in [1.165, 1.54) is 0 Å². The van der Waals surface area contributed by atoms with Crippen LogP contribution in [0.5, 0.6) is 11.8 Å². The van der Waals surface area contributed by atoms with Crippen LogP contribution >= 0.6 is 0 Å². The zero-order valence-electron chi connectivity index (χ0n) is 16.3. The average Bonchev–Trinajstić information content (AvgIpc) is 3.34. The van der Waals surface area contributed by atoms with E-state index in [-0.39, 0.29) is 11.9 Å². The molecule has 30 heavy (non-hydrogen) atoms. The molecule has 0 unspecified atom stereocenters.